The van der Waals surface area contributed by atoms with Crippen LogP contribution in [0.5, 0.6) is 5.75 Å². The molecule has 1 saturated heterocycles. The van der Waals surface area contributed by atoms with E-state index in [-0.39, 0.29) is 17.9 Å². The number of benzene rings is 1. The van der Waals surface area contributed by atoms with Crippen molar-refractivity contribution in [3.63, 3.8) is 0 Å². The molecule has 0 unspecified atom stereocenters. The minimum atomic E-state index is -0.0475. The van der Waals surface area contributed by atoms with E-state index in [1.165, 1.54) is 6.33 Å². The van der Waals surface area contributed by atoms with E-state index in [4.69, 9.17) is 14.5 Å². The quantitative estimate of drug-likeness (QED) is 0.404. The standard InChI is InChI=1S/C25H37N7O3/c1-17(2)15-32(19-12-18(13-26-14-19)23-27-16-28-30-23)25(33)24-29-22-20(8-7-9-21(22)35-4)31(24)10-5-6-11-34-3/h7-9,16-19,26H,5-6,10-15H2,1-4H3,(H,27,28,30)/t18-,19+/m1/s1. The fraction of sp³-hybridized carbons (Fsp3) is 0.600. The van der Waals surface area contributed by atoms with Crippen LogP contribution in [0.2, 0.25) is 0 Å². The smallest absolute Gasteiger partial charge is 0.290 e. The highest BCUT2D eigenvalue weighted by atomic mass is 16.5. The predicted octanol–water partition coefficient (Wildman–Crippen LogP) is 2.83. The lowest BCUT2D eigenvalue weighted by molar-refractivity contribution is 0.0590. The van der Waals surface area contributed by atoms with Gasteiger partial charge in [0.05, 0.1) is 12.6 Å². The lowest BCUT2D eigenvalue weighted by Gasteiger charge is -2.38. The van der Waals surface area contributed by atoms with Gasteiger partial charge in [0.15, 0.2) is 5.82 Å². The molecule has 10 nitrogen and oxygen atoms in total. The molecule has 0 radical (unpaired) electrons. The van der Waals surface area contributed by atoms with E-state index in [1.54, 1.807) is 14.2 Å². The topological polar surface area (TPSA) is 110 Å². The highest BCUT2D eigenvalue weighted by Crippen LogP contribution is 2.29. The molecule has 3 heterocycles. The van der Waals surface area contributed by atoms with E-state index in [2.05, 4.69) is 34.3 Å². The first kappa shape index (κ1) is 25.1. The predicted molar refractivity (Wildman–Crippen MR) is 134 cm³/mol. The molecule has 3 aromatic rings. The molecule has 35 heavy (non-hydrogen) atoms. The van der Waals surface area contributed by atoms with Crippen molar-refractivity contribution in [3.8, 4) is 5.75 Å². The van der Waals surface area contributed by atoms with Crippen molar-refractivity contribution in [1.29, 1.82) is 0 Å². The zero-order valence-corrected chi connectivity index (χ0v) is 21.2. The summed E-state index contributed by atoms with van der Waals surface area (Å²) >= 11 is 0. The normalized spacial score (nSPS) is 18.3. The van der Waals surface area contributed by atoms with Crippen LogP contribution < -0.4 is 10.1 Å². The van der Waals surface area contributed by atoms with Gasteiger partial charge in [-0.3, -0.25) is 9.89 Å². The van der Waals surface area contributed by atoms with Crippen molar-refractivity contribution in [3.05, 3.63) is 36.2 Å². The third kappa shape index (κ3) is 5.65. The van der Waals surface area contributed by atoms with Crippen molar-refractivity contribution in [1.82, 2.24) is 34.9 Å². The van der Waals surface area contributed by atoms with Gasteiger partial charge in [-0.1, -0.05) is 19.9 Å². The molecule has 4 rings (SSSR count). The van der Waals surface area contributed by atoms with Crippen LogP contribution in [0, 0.1) is 5.92 Å². The van der Waals surface area contributed by atoms with Crippen molar-refractivity contribution < 1.29 is 14.3 Å². The third-order valence-electron chi connectivity index (χ3n) is 6.54. The van der Waals surface area contributed by atoms with Gasteiger partial charge in [-0.2, -0.15) is 5.10 Å². The van der Waals surface area contributed by atoms with Crippen molar-refractivity contribution in [2.24, 2.45) is 5.92 Å². The van der Waals surface area contributed by atoms with Crippen LogP contribution in [-0.4, -0.2) is 82.0 Å². The second-order valence-electron chi connectivity index (χ2n) is 9.58. The number of piperidine rings is 1. The van der Waals surface area contributed by atoms with Crippen LogP contribution >= 0.6 is 0 Å². The number of imidazole rings is 1. The average molecular weight is 484 g/mol. The van der Waals surface area contributed by atoms with Crippen LogP contribution in [0.4, 0.5) is 0 Å². The monoisotopic (exact) mass is 483 g/mol. The fourth-order valence-electron chi connectivity index (χ4n) is 4.89. The molecule has 190 valence electrons. The third-order valence-corrected chi connectivity index (χ3v) is 6.54. The number of hydrogen-bond donors (Lipinski definition) is 2. The van der Waals surface area contributed by atoms with Crippen molar-refractivity contribution in [2.75, 3.05) is 40.5 Å². The highest BCUT2D eigenvalue weighted by molar-refractivity contribution is 5.96. The van der Waals surface area contributed by atoms with Gasteiger partial charge >= 0.3 is 0 Å². The summed E-state index contributed by atoms with van der Waals surface area (Å²) in [6.07, 6.45) is 4.15. The Balaban J connectivity index is 1.67. The number of rotatable bonds is 11. The maximum atomic E-state index is 14.2. The highest BCUT2D eigenvalue weighted by Gasteiger charge is 2.34. The van der Waals surface area contributed by atoms with Gasteiger partial charge < -0.3 is 24.3 Å². The number of H-pyrrole nitrogens is 1. The summed E-state index contributed by atoms with van der Waals surface area (Å²) in [5, 5.41) is 10.5. The summed E-state index contributed by atoms with van der Waals surface area (Å²) in [6, 6.07) is 5.86. The Hall–Kier alpha value is -2.98. The molecule has 0 aliphatic carbocycles. The fourth-order valence-corrected chi connectivity index (χ4v) is 4.89. The molecule has 2 atom stereocenters. The number of fused-ring (bicyclic) bond motifs is 1. The van der Waals surface area contributed by atoms with E-state index < -0.39 is 0 Å². The molecule has 1 aromatic carbocycles. The van der Waals surface area contributed by atoms with E-state index in [1.807, 2.05) is 27.7 Å². The minimum Gasteiger partial charge on any atom is -0.494 e. The Bertz CT molecular complexity index is 1100. The molecule has 10 heteroatoms. The maximum Gasteiger partial charge on any atom is 0.290 e. The van der Waals surface area contributed by atoms with Gasteiger partial charge in [0.25, 0.3) is 5.91 Å². The minimum absolute atomic E-state index is 0.0254. The average Bonchev–Trinajstić information content (AvgIpc) is 3.53. The molecule has 1 aliphatic rings. The van der Waals surface area contributed by atoms with Gasteiger partial charge in [-0.05, 0) is 37.3 Å². The van der Waals surface area contributed by atoms with E-state index >= 15 is 0 Å². The van der Waals surface area contributed by atoms with Crippen molar-refractivity contribution in [2.45, 2.75) is 51.6 Å². The summed E-state index contributed by atoms with van der Waals surface area (Å²) in [4.78, 5) is 25.4. The number of aromatic nitrogens is 5. The lowest BCUT2D eigenvalue weighted by Crippen LogP contribution is -2.52. The molecule has 0 bridgehead atoms. The number of aromatic amines is 1. The van der Waals surface area contributed by atoms with Gasteiger partial charge in [0.1, 0.15) is 23.4 Å². The Morgan fingerprint density at radius 3 is 2.83 bits per heavy atom. The van der Waals surface area contributed by atoms with Crippen molar-refractivity contribution >= 4 is 16.9 Å². The number of hydrogen-bond acceptors (Lipinski definition) is 7. The SMILES string of the molecule is COCCCCn1c(C(=O)N(CC(C)C)[C@@H]2CNC[C@H](c3ncn[nH]3)C2)nc2c(OC)cccc21. The molecule has 1 amide bonds. The number of nitrogens with one attached hydrogen (secondary N) is 2. The first-order valence-corrected chi connectivity index (χ1v) is 12.4. The number of nitrogens with zero attached hydrogens (tertiary/aromatic N) is 5. The summed E-state index contributed by atoms with van der Waals surface area (Å²) in [7, 11) is 3.34. The van der Waals surface area contributed by atoms with Gasteiger partial charge in [-0.25, -0.2) is 9.97 Å². The number of carbonyl (C=O) groups is 1. The number of amides is 1. The second kappa shape index (κ2) is 11.6. The summed E-state index contributed by atoms with van der Waals surface area (Å²) in [5.41, 5.74) is 1.63. The number of carbonyl (C=O) groups excluding carboxylic acids is 1. The molecule has 1 fully saturated rings. The van der Waals surface area contributed by atoms with Gasteiger partial charge in [0.2, 0.25) is 0 Å². The largest absolute Gasteiger partial charge is 0.494 e. The van der Waals surface area contributed by atoms with Gasteiger partial charge in [-0.15, -0.1) is 0 Å². The van der Waals surface area contributed by atoms with Crippen LogP contribution in [0.1, 0.15) is 55.5 Å². The van der Waals surface area contributed by atoms with Crippen LogP contribution in [0.15, 0.2) is 24.5 Å². The Morgan fingerprint density at radius 1 is 1.26 bits per heavy atom. The lowest BCUT2D eigenvalue weighted by atomic mass is 9.93. The number of aryl methyl sites for hydroxylation is 1. The molecular formula is C25H37N7O3. The Kier molecular flexibility index (Phi) is 8.35. The first-order valence-electron chi connectivity index (χ1n) is 12.4. The number of methoxy groups -OCH3 is 2. The van der Waals surface area contributed by atoms with Crippen LogP contribution in [0.25, 0.3) is 11.0 Å². The van der Waals surface area contributed by atoms with E-state index in [9.17, 15) is 4.79 Å². The molecule has 2 aromatic heterocycles. The van der Waals surface area contributed by atoms with E-state index in [0.29, 0.717) is 37.2 Å². The number of ether oxygens (including phenoxy) is 2. The van der Waals surface area contributed by atoms with E-state index in [0.717, 1.165) is 49.2 Å². The summed E-state index contributed by atoms with van der Waals surface area (Å²) in [6.45, 7) is 7.86. The number of para-hydroxylation sites is 1. The molecule has 1 aliphatic heterocycles. The Labute approximate surface area is 206 Å². The number of unbranched alkanes of at least 4 members (excludes halogenated alkanes) is 1. The van der Waals surface area contributed by atoms with Crippen LogP contribution in [0.3, 0.4) is 0 Å². The maximum absolute atomic E-state index is 14.2. The zero-order chi connectivity index (χ0) is 24.8. The molecular weight excluding hydrogens is 446 g/mol. The Morgan fingerprint density at radius 2 is 2.11 bits per heavy atom. The summed E-state index contributed by atoms with van der Waals surface area (Å²) < 4.78 is 12.8. The molecule has 0 spiro atoms. The van der Waals surface area contributed by atoms with Gasteiger partial charge in [0, 0.05) is 51.9 Å². The van der Waals surface area contributed by atoms with Crippen LogP contribution in [-0.2, 0) is 11.3 Å². The molecule has 2 N–H and O–H groups in total. The zero-order valence-electron chi connectivity index (χ0n) is 21.2. The summed E-state index contributed by atoms with van der Waals surface area (Å²) in [5.74, 6) is 2.44. The second-order valence-corrected chi connectivity index (χ2v) is 9.58. The molecule has 0 saturated carbocycles. The first-order chi connectivity index (χ1) is 17.0.